The molecule has 1 N–H and O–H groups in total. The third kappa shape index (κ3) is 4.95. The summed E-state index contributed by atoms with van der Waals surface area (Å²) in [5, 5.41) is 2.96. The first-order valence-corrected chi connectivity index (χ1v) is 10.7. The molecule has 6 nitrogen and oxygen atoms in total. The number of benzene rings is 1. The van der Waals surface area contributed by atoms with Crippen molar-refractivity contribution in [2.45, 2.75) is 33.6 Å². The molecule has 0 aliphatic carbocycles. The van der Waals surface area contributed by atoms with Crippen LogP contribution >= 0.6 is 0 Å². The molecule has 2 rings (SSSR count). The zero-order valence-corrected chi connectivity index (χ0v) is 16.2. The maximum absolute atomic E-state index is 12.4. The van der Waals surface area contributed by atoms with Crippen LogP contribution in [-0.2, 0) is 14.8 Å². The van der Waals surface area contributed by atoms with Gasteiger partial charge in [-0.25, -0.2) is 12.7 Å². The highest BCUT2D eigenvalue weighted by Crippen LogP contribution is 2.23. The van der Waals surface area contributed by atoms with Gasteiger partial charge in [0.05, 0.1) is 5.75 Å². The fourth-order valence-electron chi connectivity index (χ4n) is 3.17. The molecule has 1 heterocycles. The smallest absolute Gasteiger partial charge is 0.227 e. The van der Waals surface area contributed by atoms with E-state index in [2.05, 4.69) is 24.1 Å². The van der Waals surface area contributed by atoms with Crippen LogP contribution < -0.4 is 10.2 Å². The molecule has 7 heteroatoms. The van der Waals surface area contributed by atoms with Crippen LogP contribution in [0.2, 0.25) is 0 Å². The number of nitrogens with zero attached hydrogens (tertiary/aromatic N) is 2. The van der Waals surface area contributed by atoms with Crippen LogP contribution in [0.4, 0.5) is 11.4 Å². The van der Waals surface area contributed by atoms with Crippen molar-refractivity contribution in [3.05, 3.63) is 24.3 Å². The zero-order chi connectivity index (χ0) is 18.4. The van der Waals surface area contributed by atoms with Crippen LogP contribution in [0.5, 0.6) is 0 Å². The van der Waals surface area contributed by atoms with Crippen molar-refractivity contribution in [2.24, 2.45) is 5.92 Å². The molecule has 0 saturated carbocycles. The minimum atomic E-state index is -3.15. The van der Waals surface area contributed by atoms with Crippen LogP contribution in [-0.4, -0.2) is 50.6 Å². The lowest BCUT2D eigenvalue weighted by Gasteiger charge is -2.30. The first-order chi connectivity index (χ1) is 11.9. The largest absolute Gasteiger partial charge is 0.372 e. The molecule has 0 radical (unpaired) electrons. The molecule has 0 unspecified atom stereocenters. The summed E-state index contributed by atoms with van der Waals surface area (Å²) in [5.41, 5.74) is 1.92. The van der Waals surface area contributed by atoms with Crippen molar-refractivity contribution < 1.29 is 13.2 Å². The molecule has 1 amide bonds. The van der Waals surface area contributed by atoms with Gasteiger partial charge in [0.15, 0.2) is 0 Å². The number of rotatable bonds is 7. The first kappa shape index (κ1) is 19.7. The van der Waals surface area contributed by atoms with Crippen molar-refractivity contribution in [1.29, 1.82) is 0 Å². The summed E-state index contributed by atoms with van der Waals surface area (Å²) in [6.07, 6.45) is 1.14. The molecule has 0 aromatic heterocycles. The van der Waals surface area contributed by atoms with E-state index in [9.17, 15) is 13.2 Å². The molecular formula is C18H29N3O3S. The standard InChI is InChI=1S/C18H29N3O3S/c1-4-20(5-2)17-9-7-16(8-10-17)19-18(22)15-11-13-21(14-12-15)25(23,24)6-3/h7-10,15H,4-6,11-14H2,1-3H3,(H,19,22). The van der Waals surface area contributed by atoms with Gasteiger partial charge in [-0.15, -0.1) is 0 Å². The lowest BCUT2D eigenvalue weighted by Crippen LogP contribution is -2.42. The molecule has 1 aliphatic rings. The Balaban J connectivity index is 1.91. The van der Waals surface area contributed by atoms with E-state index < -0.39 is 10.0 Å². The Hall–Kier alpha value is -1.60. The summed E-state index contributed by atoms with van der Waals surface area (Å²) in [5.74, 6) is -0.0437. The van der Waals surface area contributed by atoms with Gasteiger partial charge in [-0.2, -0.15) is 0 Å². The average Bonchev–Trinajstić information content (AvgIpc) is 2.64. The van der Waals surface area contributed by atoms with Crippen LogP contribution in [0, 0.1) is 5.92 Å². The van der Waals surface area contributed by atoms with Gasteiger partial charge in [-0.05, 0) is 57.9 Å². The molecule has 1 aromatic rings. The van der Waals surface area contributed by atoms with Crippen molar-refractivity contribution in [3.8, 4) is 0 Å². The second-order valence-corrected chi connectivity index (χ2v) is 8.54. The Bertz CT molecular complexity index is 661. The van der Waals surface area contributed by atoms with Crippen LogP contribution in [0.3, 0.4) is 0 Å². The van der Waals surface area contributed by atoms with Gasteiger partial charge in [-0.1, -0.05) is 0 Å². The molecule has 0 spiro atoms. The predicted octanol–water partition coefficient (Wildman–Crippen LogP) is 2.53. The zero-order valence-electron chi connectivity index (χ0n) is 15.4. The Morgan fingerprint density at radius 2 is 1.68 bits per heavy atom. The van der Waals surface area contributed by atoms with Gasteiger partial charge >= 0.3 is 0 Å². The maximum atomic E-state index is 12.4. The van der Waals surface area contributed by atoms with E-state index in [-0.39, 0.29) is 17.6 Å². The summed E-state index contributed by atoms with van der Waals surface area (Å²) in [7, 11) is -3.15. The lowest BCUT2D eigenvalue weighted by atomic mass is 9.97. The van der Waals surface area contributed by atoms with Crippen LogP contribution in [0.25, 0.3) is 0 Å². The highest BCUT2D eigenvalue weighted by molar-refractivity contribution is 7.89. The summed E-state index contributed by atoms with van der Waals surface area (Å²) < 4.78 is 25.3. The van der Waals surface area contributed by atoms with Crippen molar-refractivity contribution in [2.75, 3.05) is 42.1 Å². The van der Waals surface area contributed by atoms with Crippen molar-refractivity contribution in [1.82, 2.24) is 4.31 Å². The topological polar surface area (TPSA) is 69.7 Å². The highest BCUT2D eigenvalue weighted by atomic mass is 32.2. The van der Waals surface area contributed by atoms with Gasteiger partial charge in [-0.3, -0.25) is 4.79 Å². The van der Waals surface area contributed by atoms with E-state index in [0.717, 1.165) is 24.5 Å². The van der Waals surface area contributed by atoms with Gasteiger partial charge in [0.2, 0.25) is 15.9 Å². The Morgan fingerprint density at radius 3 is 2.16 bits per heavy atom. The number of hydrogen-bond donors (Lipinski definition) is 1. The SMILES string of the molecule is CCN(CC)c1ccc(NC(=O)C2CCN(S(=O)(=O)CC)CC2)cc1. The van der Waals surface area contributed by atoms with Crippen molar-refractivity contribution >= 4 is 27.3 Å². The second kappa shape index (κ2) is 8.67. The normalized spacial score (nSPS) is 16.6. The third-order valence-corrected chi connectivity index (χ3v) is 6.73. The number of sulfonamides is 1. The molecule has 25 heavy (non-hydrogen) atoms. The summed E-state index contributed by atoms with van der Waals surface area (Å²) in [4.78, 5) is 14.7. The molecule has 1 fully saturated rings. The number of carbonyl (C=O) groups is 1. The fraction of sp³-hybridized carbons (Fsp3) is 0.611. The van der Waals surface area contributed by atoms with Crippen molar-refractivity contribution in [3.63, 3.8) is 0 Å². The first-order valence-electron chi connectivity index (χ1n) is 9.05. The minimum Gasteiger partial charge on any atom is -0.372 e. The summed E-state index contributed by atoms with van der Waals surface area (Å²) in [6, 6.07) is 7.86. The Kier molecular flexibility index (Phi) is 6.84. The number of hydrogen-bond acceptors (Lipinski definition) is 4. The van der Waals surface area contributed by atoms with E-state index in [1.54, 1.807) is 6.92 Å². The molecule has 0 bridgehead atoms. The van der Waals surface area contributed by atoms with E-state index in [1.807, 2.05) is 24.3 Å². The van der Waals surface area contributed by atoms with E-state index >= 15 is 0 Å². The van der Waals surface area contributed by atoms with Gasteiger partial charge in [0.1, 0.15) is 0 Å². The number of nitrogens with one attached hydrogen (secondary N) is 1. The monoisotopic (exact) mass is 367 g/mol. The van der Waals surface area contributed by atoms with Gasteiger partial charge < -0.3 is 10.2 Å². The molecule has 0 atom stereocenters. The molecule has 140 valence electrons. The molecule has 1 saturated heterocycles. The van der Waals surface area contributed by atoms with E-state index in [0.29, 0.717) is 25.9 Å². The molecule has 1 aliphatic heterocycles. The van der Waals surface area contributed by atoms with Gasteiger partial charge in [0, 0.05) is 43.5 Å². The lowest BCUT2D eigenvalue weighted by molar-refractivity contribution is -0.120. The molecule has 1 aromatic carbocycles. The summed E-state index contributed by atoms with van der Waals surface area (Å²) >= 11 is 0. The van der Waals surface area contributed by atoms with Crippen LogP contribution in [0.1, 0.15) is 33.6 Å². The number of amides is 1. The predicted molar refractivity (Wildman–Crippen MR) is 102 cm³/mol. The minimum absolute atomic E-state index is 0.0239. The number of anilines is 2. The quantitative estimate of drug-likeness (QED) is 0.804. The number of carbonyl (C=O) groups excluding carboxylic acids is 1. The van der Waals surface area contributed by atoms with E-state index in [4.69, 9.17) is 0 Å². The average molecular weight is 368 g/mol. The second-order valence-electron chi connectivity index (χ2n) is 6.28. The molecular weight excluding hydrogens is 338 g/mol. The van der Waals surface area contributed by atoms with E-state index in [1.165, 1.54) is 4.31 Å². The van der Waals surface area contributed by atoms with Crippen LogP contribution in [0.15, 0.2) is 24.3 Å². The maximum Gasteiger partial charge on any atom is 0.227 e. The van der Waals surface area contributed by atoms with Gasteiger partial charge in [0.25, 0.3) is 0 Å². The Labute approximate surface area is 151 Å². The third-order valence-electron chi connectivity index (χ3n) is 4.85. The number of piperidine rings is 1. The highest BCUT2D eigenvalue weighted by Gasteiger charge is 2.30. The Morgan fingerprint density at radius 1 is 1.12 bits per heavy atom. The summed E-state index contributed by atoms with van der Waals surface area (Å²) in [6.45, 7) is 8.62. The fourth-order valence-corrected chi connectivity index (χ4v) is 4.30.